The van der Waals surface area contributed by atoms with Gasteiger partial charge in [0, 0.05) is 19.2 Å². The maximum atomic E-state index is 10.9. The third-order valence-corrected chi connectivity index (χ3v) is 3.11. The summed E-state index contributed by atoms with van der Waals surface area (Å²) in [5.74, 6) is 0. The molecule has 1 N–H and O–H groups in total. The SMILES string of the molecule is COC1CC(Nc2ccc(C#N)cc2[N+](=O)[O-])C1. The molecule has 0 aromatic heterocycles. The number of ether oxygens (including phenoxy) is 1. The molecule has 0 heterocycles. The van der Waals surface area contributed by atoms with Crippen molar-refractivity contribution in [3.63, 3.8) is 0 Å². The number of nitrogens with one attached hydrogen (secondary N) is 1. The molecule has 0 radical (unpaired) electrons. The lowest BCUT2D eigenvalue weighted by molar-refractivity contribution is -0.384. The summed E-state index contributed by atoms with van der Waals surface area (Å²) >= 11 is 0. The summed E-state index contributed by atoms with van der Waals surface area (Å²) in [7, 11) is 1.66. The van der Waals surface area contributed by atoms with Gasteiger partial charge in [-0.05, 0) is 25.0 Å². The van der Waals surface area contributed by atoms with Crippen LogP contribution in [0.2, 0.25) is 0 Å². The summed E-state index contributed by atoms with van der Waals surface area (Å²) in [6.07, 6.45) is 1.92. The van der Waals surface area contributed by atoms with E-state index in [1.54, 1.807) is 19.2 Å². The molecule has 0 unspecified atom stereocenters. The summed E-state index contributed by atoms with van der Waals surface area (Å²) in [4.78, 5) is 10.5. The predicted octanol–water partition coefficient (Wildman–Crippen LogP) is 2.06. The Hall–Kier alpha value is -2.13. The molecule has 0 bridgehead atoms. The molecule has 1 aliphatic rings. The number of rotatable bonds is 4. The van der Waals surface area contributed by atoms with E-state index in [9.17, 15) is 10.1 Å². The van der Waals surface area contributed by atoms with Crippen molar-refractivity contribution in [3.8, 4) is 6.07 Å². The lowest BCUT2D eigenvalue weighted by Crippen LogP contribution is -2.40. The molecule has 94 valence electrons. The number of hydrogen-bond donors (Lipinski definition) is 1. The summed E-state index contributed by atoms with van der Waals surface area (Å²) in [6.45, 7) is 0. The van der Waals surface area contributed by atoms with E-state index in [0.717, 1.165) is 12.8 Å². The summed E-state index contributed by atoms with van der Waals surface area (Å²) in [5, 5.41) is 22.8. The van der Waals surface area contributed by atoms with Crippen LogP contribution in [0.5, 0.6) is 0 Å². The highest BCUT2D eigenvalue weighted by atomic mass is 16.6. The highest BCUT2D eigenvalue weighted by Gasteiger charge is 2.30. The van der Waals surface area contributed by atoms with Crippen LogP contribution in [-0.4, -0.2) is 24.2 Å². The van der Waals surface area contributed by atoms with Gasteiger partial charge in [0.2, 0.25) is 0 Å². The minimum absolute atomic E-state index is 0.0603. The van der Waals surface area contributed by atoms with Gasteiger partial charge in [-0.1, -0.05) is 0 Å². The van der Waals surface area contributed by atoms with E-state index < -0.39 is 4.92 Å². The molecule has 0 spiro atoms. The quantitative estimate of drug-likeness (QED) is 0.649. The lowest BCUT2D eigenvalue weighted by Gasteiger charge is -2.35. The molecule has 0 atom stereocenters. The fourth-order valence-corrected chi connectivity index (χ4v) is 1.97. The first kappa shape index (κ1) is 12.3. The smallest absolute Gasteiger partial charge is 0.293 e. The molecule has 1 aromatic carbocycles. The number of nitro benzene ring substituents is 1. The number of hydrogen-bond acceptors (Lipinski definition) is 5. The molecular formula is C12H13N3O3. The van der Waals surface area contributed by atoms with E-state index in [2.05, 4.69) is 5.32 Å². The molecule has 1 saturated carbocycles. The normalized spacial score (nSPS) is 21.8. The third-order valence-electron chi connectivity index (χ3n) is 3.11. The van der Waals surface area contributed by atoms with Gasteiger partial charge in [-0.2, -0.15) is 5.26 Å². The van der Waals surface area contributed by atoms with Gasteiger partial charge in [0.15, 0.2) is 0 Å². The largest absolute Gasteiger partial charge is 0.381 e. The van der Waals surface area contributed by atoms with Gasteiger partial charge in [0.05, 0.1) is 22.7 Å². The van der Waals surface area contributed by atoms with Crippen molar-refractivity contribution in [1.82, 2.24) is 0 Å². The van der Waals surface area contributed by atoms with Crippen LogP contribution in [0.25, 0.3) is 0 Å². The molecule has 6 nitrogen and oxygen atoms in total. The Morgan fingerprint density at radius 3 is 2.83 bits per heavy atom. The number of nitrogens with zero attached hydrogens (tertiary/aromatic N) is 2. The van der Waals surface area contributed by atoms with Crippen LogP contribution in [0.3, 0.4) is 0 Å². The summed E-state index contributed by atoms with van der Waals surface area (Å²) in [5.41, 5.74) is 0.684. The zero-order valence-electron chi connectivity index (χ0n) is 9.92. The molecular weight excluding hydrogens is 234 g/mol. The maximum Gasteiger partial charge on any atom is 0.293 e. The molecule has 1 aliphatic carbocycles. The van der Waals surface area contributed by atoms with Crippen molar-refractivity contribution in [2.75, 3.05) is 12.4 Å². The molecule has 1 aromatic rings. The topological polar surface area (TPSA) is 88.2 Å². The molecule has 2 rings (SSSR count). The van der Waals surface area contributed by atoms with Crippen molar-refractivity contribution in [2.24, 2.45) is 0 Å². The summed E-state index contributed by atoms with van der Waals surface area (Å²) in [6, 6.07) is 6.53. The van der Waals surface area contributed by atoms with Crippen LogP contribution in [0.1, 0.15) is 18.4 Å². The Kier molecular flexibility index (Phi) is 3.44. The first-order chi connectivity index (χ1) is 8.63. The standard InChI is InChI=1S/C12H13N3O3/c1-18-10-5-9(6-10)14-11-3-2-8(7-13)4-12(11)15(16)17/h2-4,9-10,14H,5-6H2,1H3. The van der Waals surface area contributed by atoms with Gasteiger partial charge in [0.25, 0.3) is 5.69 Å². The summed E-state index contributed by atoms with van der Waals surface area (Å²) < 4.78 is 5.15. The zero-order chi connectivity index (χ0) is 13.1. The first-order valence-electron chi connectivity index (χ1n) is 5.62. The van der Waals surface area contributed by atoms with Gasteiger partial charge in [0.1, 0.15) is 5.69 Å². The van der Waals surface area contributed by atoms with Gasteiger partial charge in [-0.25, -0.2) is 0 Å². The fraction of sp³-hybridized carbons (Fsp3) is 0.417. The van der Waals surface area contributed by atoms with Crippen molar-refractivity contribution in [2.45, 2.75) is 25.0 Å². The Morgan fingerprint density at radius 1 is 1.56 bits per heavy atom. The number of nitriles is 1. The van der Waals surface area contributed by atoms with Gasteiger partial charge < -0.3 is 10.1 Å². The Morgan fingerprint density at radius 2 is 2.28 bits per heavy atom. The van der Waals surface area contributed by atoms with Crippen molar-refractivity contribution < 1.29 is 9.66 Å². The van der Waals surface area contributed by atoms with Crippen LogP contribution < -0.4 is 5.32 Å². The van der Waals surface area contributed by atoms with Crippen molar-refractivity contribution in [1.29, 1.82) is 5.26 Å². The van der Waals surface area contributed by atoms with E-state index in [0.29, 0.717) is 5.69 Å². The zero-order valence-corrected chi connectivity index (χ0v) is 9.92. The second-order valence-corrected chi connectivity index (χ2v) is 4.27. The number of benzene rings is 1. The molecule has 0 saturated heterocycles. The van der Waals surface area contributed by atoms with E-state index in [4.69, 9.17) is 10.00 Å². The fourth-order valence-electron chi connectivity index (χ4n) is 1.97. The van der Waals surface area contributed by atoms with E-state index in [-0.39, 0.29) is 23.4 Å². The second-order valence-electron chi connectivity index (χ2n) is 4.27. The second kappa shape index (κ2) is 5.02. The molecule has 0 amide bonds. The number of methoxy groups -OCH3 is 1. The van der Waals surface area contributed by atoms with Crippen LogP contribution in [0.4, 0.5) is 11.4 Å². The van der Waals surface area contributed by atoms with Crippen LogP contribution in [-0.2, 0) is 4.74 Å². The Bertz CT molecular complexity index is 504. The van der Waals surface area contributed by atoms with Gasteiger partial charge >= 0.3 is 0 Å². The highest BCUT2D eigenvalue weighted by Crippen LogP contribution is 2.31. The number of anilines is 1. The molecule has 18 heavy (non-hydrogen) atoms. The molecule has 0 aliphatic heterocycles. The Labute approximate surface area is 104 Å². The van der Waals surface area contributed by atoms with E-state index >= 15 is 0 Å². The predicted molar refractivity (Wildman–Crippen MR) is 65.3 cm³/mol. The minimum atomic E-state index is -0.477. The molecule has 1 fully saturated rings. The lowest BCUT2D eigenvalue weighted by atomic mass is 9.89. The highest BCUT2D eigenvalue weighted by molar-refractivity contribution is 5.64. The monoisotopic (exact) mass is 247 g/mol. The van der Waals surface area contributed by atoms with Crippen molar-refractivity contribution >= 4 is 11.4 Å². The van der Waals surface area contributed by atoms with Crippen LogP contribution >= 0.6 is 0 Å². The first-order valence-corrected chi connectivity index (χ1v) is 5.62. The number of nitro groups is 1. The van der Waals surface area contributed by atoms with Gasteiger partial charge in [-0.3, -0.25) is 10.1 Å². The molecule has 6 heteroatoms. The van der Waals surface area contributed by atoms with E-state index in [1.165, 1.54) is 6.07 Å². The van der Waals surface area contributed by atoms with Crippen molar-refractivity contribution in [3.05, 3.63) is 33.9 Å². The van der Waals surface area contributed by atoms with Crippen LogP contribution in [0, 0.1) is 21.4 Å². The third kappa shape index (κ3) is 2.41. The average Bonchev–Trinajstić information content (AvgIpc) is 2.33. The van der Waals surface area contributed by atoms with E-state index in [1.807, 2.05) is 6.07 Å². The average molecular weight is 247 g/mol. The van der Waals surface area contributed by atoms with Crippen LogP contribution in [0.15, 0.2) is 18.2 Å². The van der Waals surface area contributed by atoms with Gasteiger partial charge in [-0.15, -0.1) is 0 Å². The Balaban J connectivity index is 2.13. The minimum Gasteiger partial charge on any atom is -0.381 e. The maximum absolute atomic E-state index is 10.9.